The van der Waals surface area contributed by atoms with E-state index in [0.717, 1.165) is 19.3 Å². The van der Waals surface area contributed by atoms with Gasteiger partial charge in [0.25, 0.3) is 11.6 Å². The highest BCUT2D eigenvalue weighted by molar-refractivity contribution is 5.93. The van der Waals surface area contributed by atoms with E-state index < -0.39 is 17.0 Å². The van der Waals surface area contributed by atoms with Gasteiger partial charge >= 0.3 is 5.97 Å². The predicted molar refractivity (Wildman–Crippen MR) is 111 cm³/mol. The topological polar surface area (TPSA) is 102 Å². The summed E-state index contributed by atoms with van der Waals surface area (Å²) in [6.45, 7) is 1.55. The van der Waals surface area contributed by atoms with Gasteiger partial charge in [0, 0.05) is 25.7 Å². The summed E-state index contributed by atoms with van der Waals surface area (Å²) in [5.74, 6) is 1.07. The molecule has 1 amide bonds. The number of nitrogens with zero attached hydrogens (tertiary/aromatic N) is 2. The van der Waals surface area contributed by atoms with Gasteiger partial charge in [-0.3, -0.25) is 14.9 Å². The van der Waals surface area contributed by atoms with Crippen LogP contribution in [0.3, 0.4) is 0 Å². The van der Waals surface area contributed by atoms with Crippen molar-refractivity contribution in [1.29, 1.82) is 0 Å². The Kier molecular flexibility index (Phi) is 5.20. The molecule has 1 N–H and O–H groups in total. The summed E-state index contributed by atoms with van der Waals surface area (Å²) in [5, 5.41) is 14.5. The minimum atomic E-state index is -0.960. The molecule has 30 heavy (non-hydrogen) atoms. The molecule has 8 nitrogen and oxygen atoms in total. The Morgan fingerprint density at radius 3 is 2.23 bits per heavy atom. The zero-order chi connectivity index (χ0) is 21.6. The molecule has 1 aromatic carbocycles. The van der Waals surface area contributed by atoms with Crippen LogP contribution in [0.15, 0.2) is 18.2 Å². The third kappa shape index (κ3) is 3.87. The van der Waals surface area contributed by atoms with Crippen molar-refractivity contribution in [1.82, 2.24) is 5.32 Å². The molecule has 162 valence electrons. The number of nitrogens with one attached hydrogen (secondary N) is 1. The molecule has 1 aromatic rings. The van der Waals surface area contributed by atoms with Crippen molar-refractivity contribution >= 4 is 23.3 Å². The highest BCUT2D eigenvalue weighted by Gasteiger charge is 2.51. The van der Waals surface area contributed by atoms with Crippen LogP contribution >= 0.6 is 0 Å². The number of rotatable bonds is 6. The maximum Gasteiger partial charge on any atom is 0.339 e. The van der Waals surface area contributed by atoms with Crippen LogP contribution in [0.4, 0.5) is 11.4 Å². The number of anilines is 1. The molecule has 5 rings (SSSR count). The Bertz CT molecular complexity index is 846. The van der Waals surface area contributed by atoms with E-state index in [0.29, 0.717) is 23.4 Å². The zero-order valence-corrected chi connectivity index (χ0v) is 17.7. The van der Waals surface area contributed by atoms with Gasteiger partial charge in [-0.05, 0) is 75.3 Å². The Balaban J connectivity index is 1.42. The number of esters is 1. The summed E-state index contributed by atoms with van der Waals surface area (Å²) < 4.78 is 5.36. The Hall–Kier alpha value is -2.64. The largest absolute Gasteiger partial charge is 0.449 e. The van der Waals surface area contributed by atoms with Crippen LogP contribution in [0.5, 0.6) is 0 Å². The number of nitro groups is 1. The van der Waals surface area contributed by atoms with Crippen LogP contribution in [0.1, 0.15) is 55.8 Å². The first-order valence-electron chi connectivity index (χ1n) is 10.6. The number of benzene rings is 1. The monoisotopic (exact) mass is 415 g/mol. The molecule has 0 aliphatic heterocycles. The lowest BCUT2D eigenvalue weighted by Gasteiger charge is -2.57. The first-order chi connectivity index (χ1) is 14.2. The van der Waals surface area contributed by atoms with Crippen molar-refractivity contribution in [3.05, 3.63) is 33.9 Å². The second kappa shape index (κ2) is 7.56. The fourth-order valence-electron chi connectivity index (χ4n) is 6.08. The molecule has 4 fully saturated rings. The number of ether oxygens (including phenoxy) is 1. The average molecular weight is 415 g/mol. The van der Waals surface area contributed by atoms with Crippen LogP contribution in [0.2, 0.25) is 0 Å². The average Bonchev–Trinajstić information content (AvgIpc) is 2.65. The number of carbonyl (C=O) groups excluding carboxylic acids is 2. The SMILES string of the molecule is C[C@@H](OC(=O)c1ccc(N(C)C)c([N+](=O)[O-])c1)C(=O)NC12CC3CC(CC(C3)C1)C2. The molecule has 0 spiro atoms. The van der Waals surface area contributed by atoms with Gasteiger partial charge in [0.15, 0.2) is 6.10 Å². The highest BCUT2D eigenvalue weighted by Crippen LogP contribution is 2.55. The van der Waals surface area contributed by atoms with Crippen molar-refractivity contribution in [3.63, 3.8) is 0 Å². The standard InChI is InChI=1S/C22H29N3O5/c1-13(20(26)23-22-10-14-6-15(11-22)8-16(7-14)12-22)30-21(27)17-4-5-18(24(2)3)19(9-17)25(28)29/h4-5,9,13-16H,6-8,10-12H2,1-3H3,(H,23,26)/t13-,14?,15?,16?,22?/m1/s1. The van der Waals surface area contributed by atoms with Gasteiger partial charge in [0.2, 0.25) is 0 Å². The summed E-state index contributed by atoms with van der Waals surface area (Å²) in [7, 11) is 3.38. The fraction of sp³-hybridized carbons (Fsp3) is 0.636. The Morgan fingerprint density at radius 2 is 1.73 bits per heavy atom. The Morgan fingerprint density at radius 1 is 1.17 bits per heavy atom. The Labute approximate surface area is 176 Å². The maximum atomic E-state index is 12.8. The molecule has 4 saturated carbocycles. The van der Waals surface area contributed by atoms with E-state index in [4.69, 9.17) is 4.74 Å². The molecule has 0 unspecified atom stereocenters. The van der Waals surface area contributed by atoms with Crippen LogP contribution in [-0.4, -0.2) is 42.5 Å². The molecule has 8 heteroatoms. The van der Waals surface area contributed by atoms with Crippen molar-refractivity contribution in [2.75, 3.05) is 19.0 Å². The van der Waals surface area contributed by atoms with Crippen LogP contribution < -0.4 is 10.2 Å². The lowest BCUT2D eigenvalue weighted by Crippen LogP contribution is -2.61. The van der Waals surface area contributed by atoms with Crippen molar-refractivity contribution in [2.24, 2.45) is 17.8 Å². The first kappa shape index (κ1) is 20.6. The molecular formula is C22H29N3O5. The van der Waals surface area contributed by atoms with Crippen LogP contribution in [0.25, 0.3) is 0 Å². The van der Waals surface area contributed by atoms with Gasteiger partial charge in [0.05, 0.1) is 10.5 Å². The molecular weight excluding hydrogens is 386 g/mol. The van der Waals surface area contributed by atoms with Crippen LogP contribution in [-0.2, 0) is 9.53 Å². The summed E-state index contributed by atoms with van der Waals surface area (Å²) in [6.07, 6.45) is 5.93. The molecule has 4 aliphatic carbocycles. The normalized spacial score (nSPS) is 29.9. The van der Waals surface area contributed by atoms with Crippen molar-refractivity contribution in [2.45, 2.75) is 57.1 Å². The zero-order valence-electron chi connectivity index (χ0n) is 17.7. The molecule has 1 atom stereocenters. The van der Waals surface area contributed by atoms with E-state index in [1.54, 1.807) is 25.9 Å². The van der Waals surface area contributed by atoms with E-state index in [1.807, 2.05) is 0 Å². The van der Waals surface area contributed by atoms with E-state index in [-0.39, 0.29) is 22.7 Å². The number of hydrogen-bond acceptors (Lipinski definition) is 6. The second-order valence-electron chi connectivity index (χ2n) is 9.59. The number of nitro benzene ring substituents is 1. The quantitative estimate of drug-likeness (QED) is 0.435. The summed E-state index contributed by atoms with van der Waals surface area (Å²) in [4.78, 5) is 37.8. The predicted octanol–water partition coefficient (Wildman–Crippen LogP) is 3.29. The lowest BCUT2D eigenvalue weighted by molar-refractivity contribution is -0.384. The van der Waals surface area contributed by atoms with Gasteiger partial charge < -0.3 is 15.0 Å². The third-order valence-corrected chi connectivity index (χ3v) is 6.97. The van der Waals surface area contributed by atoms with Crippen molar-refractivity contribution < 1.29 is 19.2 Å². The molecule has 0 aromatic heterocycles. The molecule has 0 radical (unpaired) electrons. The minimum Gasteiger partial charge on any atom is -0.449 e. The van der Waals surface area contributed by atoms with Gasteiger partial charge in [-0.25, -0.2) is 4.79 Å². The van der Waals surface area contributed by atoms with Gasteiger partial charge in [-0.1, -0.05) is 0 Å². The van der Waals surface area contributed by atoms with Gasteiger partial charge in [-0.15, -0.1) is 0 Å². The van der Waals surface area contributed by atoms with E-state index in [1.165, 1.54) is 37.5 Å². The summed E-state index contributed by atoms with van der Waals surface area (Å²) in [5.41, 5.74) is 0.115. The molecule has 4 aliphatic rings. The molecule has 0 heterocycles. The minimum absolute atomic E-state index is 0.0572. The number of hydrogen-bond donors (Lipinski definition) is 1. The van der Waals surface area contributed by atoms with Gasteiger partial charge in [-0.2, -0.15) is 0 Å². The fourth-order valence-corrected chi connectivity index (χ4v) is 6.08. The second-order valence-corrected chi connectivity index (χ2v) is 9.59. The van der Waals surface area contributed by atoms with E-state index in [2.05, 4.69) is 5.32 Å². The van der Waals surface area contributed by atoms with E-state index in [9.17, 15) is 19.7 Å². The number of amides is 1. The van der Waals surface area contributed by atoms with Gasteiger partial charge in [0.1, 0.15) is 5.69 Å². The highest BCUT2D eigenvalue weighted by atomic mass is 16.6. The van der Waals surface area contributed by atoms with Crippen molar-refractivity contribution in [3.8, 4) is 0 Å². The molecule has 0 saturated heterocycles. The first-order valence-corrected chi connectivity index (χ1v) is 10.6. The van der Waals surface area contributed by atoms with E-state index >= 15 is 0 Å². The number of carbonyl (C=O) groups is 2. The lowest BCUT2D eigenvalue weighted by atomic mass is 9.53. The summed E-state index contributed by atoms with van der Waals surface area (Å²) >= 11 is 0. The smallest absolute Gasteiger partial charge is 0.339 e. The summed E-state index contributed by atoms with van der Waals surface area (Å²) in [6, 6.07) is 4.19. The molecule has 4 bridgehead atoms. The third-order valence-electron chi connectivity index (χ3n) is 6.97. The van der Waals surface area contributed by atoms with Crippen LogP contribution in [0, 0.1) is 27.9 Å². The maximum absolute atomic E-state index is 12.8.